The van der Waals surface area contributed by atoms with Crippen LogP contribution in [0.4, 0.5) is 13.2 Å². The molecular weight excluding hydrogens is 251 g/mol. The molecule has 1 saturated heterocycles. The molecule has 2 unspecified atom stereocenters. The zero-order valence-electron chi connectivity index (χ0n) is 10.4. The van der Waals surface area contributed by atoms with E-state index < -0.39 is 36.3 Å². The molecule has 0 radical (unpaired) electrons. The summed E-state index contributed by atoms with van der Waals surface area (Å²) in [5, 5.41) is 18.2. The van der Waals surface area contributed by atoms with Crippen LogP contribution in [-0.2, 0) is 4.79 Å². The van der Waals surface area contributed by atoms with Crippen molar-refractivity contribution < 1.29 is 28.2 Å². The first-order chi connectivity index (χ1) is 8.05. The Labute approximate surface area is 103 Å². The number of aliphatic carboxylic acids is 1. The van der Waals surface area contributed by atoms with Crippen molar-refractivity contribution in [1.82, 2.24) is 4.90 Å². The first kappa shape index (κ1) is 15.2. The van der Waals surface area contributed by atoms with Gasteiger partial charge in [-0.3, -0.25) is 9.69 Å². The smallest absolute Gasteiger partial charge is 0.415 e. The molecule has 1 rings (SSSR count). The van der Waals surface area contributed by atoms with Crippen LogP contribution in [0.3, 0.4) is 0 Å². The van der Waals surface area contributed by atoms with Crippen molar-refractivity contribution in [2.24, 2.45) is 5.41 Å². The van der Waals surface area contributed by atoms with Gasteiger partial charge in [0.15, 0.2) is 6.10 Å². The summed E-state index contributed by atoms with van der Waals surface area (Å²) in [6.07, 6.45) is -5.96. The second-order valence-electron chi connectivity index (χ2n) is 5.39. The largest absolute Gasteiger partial charge is 0.480 e. The fraction of sp³-hybridized carbons (Fsp3) is 0.909. The molecule has 2 N–H and O–H groups in total. The summed E-state index contributed by atoms with van der Waals surface area (Å²) >= 11 is 0. The molecule has 0 saturated carbocycles. The summed E-state index contributed by atoms with van der Waals surface area (Å²) in [5.41, 5.74) is -0.602. The van der Waals surface area contributed by atoms with Crippen LogP contribution in [0.25, 0.3) is 0 Å². The number of carbonyl (C=O) groups is 1. The third kappa shape index (κ3) is 3.35. The Balaban J connectivity index is 2.83. The predicted molar refractivity (Wildman–Crippen MR) is 58.1 cm³/mol. The number of aliphatic hydroxyl groups excluding tert-OH is 1. The number of alkyl halides is 3. The summed E-state index contributed by atoms with van der Waals surface area (Å²) in [6.45, 7) is 3.01. The van der Waals surface area contributed by atoms with Gasteiger partial charge in [-0.25, -0.2) is 0 Å². The van der Waals surface area contributed by atoms with Gasteiger partial charge < -0.3 is 10.2 Å². The fourth-order valence-electron chi connectivity index (χ4n) is 2.51. The van der Waals surface area contributed by atoms with Crippen LogP contribution < -0.4 is 0 Å². The first-order valence-corrected chi connectivity index (χ1v) is 5.77. The van der Waals surface area contributed by atoms with E-state index in [1.165, 1.54) is 4.90 Å². The quantitative estimate of drug-likeness (QED) is 0.815. The lowest BCUT2D eigenvalue weighted by Gasteiger charge is -2.44. The third-order valence-electron chi connectivity index (χ3n) is 3.39. The van der Waals surface area contributed by atoms with Crippen molar-refractivity contribution in [3.8, 4) is 0 Å². The molecular formula is C11H18F3NO3. The Kier molecular flexibility index (Phi) is 4.27. The number of carboxylic acid groups (broad SMARTS) is 1. The van der Waals surface area contributed by atoms with Gasteiger partial charge in [-0.2, -0.15) is 13.2 Å². The Morgan fingerprint density at radius 1 is 1.50 bits per heavy atom. The molecule has 0 amide bonds. The zero-order chi connectivity index (χ0) is 14.1. The average molecular weight is 269 g/mol. The lowest BCUT2D eigenvalue weighted by molar-refractivity contribution is -0.213. The maximum absolute atomic E-state index is 12.3. The second-order valence-corrected chi connectivity index (χ2v) is 5.39. The van der Waals surface area contributed by atoms with Gasteiger partial charge in [0.2, 0.25) is 0 Å². The molecule has 0 aromatic carbocycles. The number of hydrogen-bond donors (Lipinski definition) is 2. The minimum atomic E-state index is -4.72. The molecule has 106 valence electrons. The van der Waals surface area contributed by atoms with Crippen LogP contribution in [0, 0.1) is 5.41 Å². The third-order valence-corrected chi connectivity index (χ3v) is 3.39. The molecule has 2 atom stereocenters. The summed E-state index contributed by atoms with van der Waals surface area (Å²) in [4.78, 5) is 12.4. The maximum atomic E-state index is 12.3. The van der Waals surface area contributed by atoms with Gasteiger partial charge in [0.05, 0.1) is 0 Å². The van der Waals surface area contributed by atoms with Crippen LogP contribution >= 0.6 is 0 Å². The number of β-amino-alcohol motifs (C(OH)–C–C–N with tert-alkyl or cyclic N) is 1. The summed E-state index contributed by atoms with van der Waals surface area (Å²) in [6, 6.07) is -0.997. The number of hydrogen-bond acceptors (Lipinski definition) is 3. The van der Waals surface area contributed by atoms with Gasteiger partial charge in [-0.05, 0) is 24.8 Å². The SMILES string of the molecule is CC1(C)CCCN(CC(O)C(F)(F)F)C1C(=O)O. The molecule has 18 heavy (non-hydrogen) atoms. The van der Waals surface area contributed by atoms with Crippen molar-refractivity contribution in [3.05, 3.63) is 0 Å². The van der Waals surface area contributed by atoms with Gasteiger partial charge >= 0.3 is 12.1 Å². The molecule has 0 aromatic rings. The van der Waals surface area contributed by atoms with Crippen LogP contribution in [0.15, 0.2) is 0 Å². The first-order valence-electron chi connectivity index (χ1n) is 5.77. The van der Waals surface area contributed by atoms with Crippen LogP contribution in [0.1, 0.15) is 26.7 Å². The molecule has 1 aliphatic rings. The summed E-state index contributed by atoms with van der Waals surface area (Å²) < 4.78 is 36.9. The highest BCUT2D eigenvalue weighted by molar-refractivity contribution is 5.74. The molecule has 0 bridgehead atoms. The van der Waals surface area contributed by atoms with E-state index in [-0.39, 0.29) is 6.54 Å². The van der Waals surface area contributed by atoms with Crippen LogP contribution in [-0.4, -0.2) is 52.5 Å². The van der Waals surface area contributed by atoms with E-state index in [0.29, 0.717) is 12.8 Å². The van der Waals surface area contributed by atoms with E-state index in [4.69, 9.17) is 10.2 Å². The second kappa shape index (κ2) is 5.05. The van der Waals surface area contributed by atoms with Gasteiger partial charge in [0, 0.05) is 6.54 Å². The van der Waals surface area contributed by atoms with Crippen molar-refractivity contribution >= 4 is 5.97 Å². The Hall–Kier alpha value is -0.820. The van der Waals surface area contributed by atoms with E-state index >= 15 is 0 Å². The number of carboxylic acids is 1. The van der Waals surface area contributed by atoms with Crippen LogP contribution in [0.2, 0.25) is 0 Å². The highest BCUT2D eigenvalue weighted by Gasteiger charge is 2.46. The number of aliphatic hydroxyl groups is 1. The number of nitrogens with zero attached hydrogens (tertiary/aromatic N) is 1. The van der Waals surface area contributed by atoms with E-state index in [2.05, 4.69) is 0 Å². The Morgan fingerprint density at radius 3 is 2.50 bits per heavy atom. The van der Waals surface area contributed by atoms with E-state index in [9.17, 15) is 18.0 Å². The number of likely N-dealkylation sites (tertiary alicyclic amines) is 1. The monoisotopic (exact) mass is 269 g/mol. The van der Waals surface area contributed by atoms with Crippen molar-refractivity contribution in [3.63, 3.8) is 0 Å². The molecule has 1 aliphatic heterocycles. The highest BCUT2D eigenvalue weighted by Crippen LogP contribution is 2.36. The molecule has 0 aromatic heterocycles. The molecule has 1 heterocycles. The van der Waals surface area contributed by atoms with E-state index in [1.54, 1.807) is 13.8 Å². The van der Waals surface area contributed by atoms with Gasteiger partial charge in [0.1, 0.15) is 6.04 Å². The normalized spacial score (nSPS) is 26.9. The number of halogens is 3. The Bertz CT molecular complexity index is 317. The van der Waals surface area contributed by atoms with Crippen molar-refractivity contribution in [1.29, 1.82) is 0 Å². The minimum absolute atomic E-state index is 0.257. The predicted octanol–water partition coefficient (Wildman–Crippen LogP) is 1.48. The molecule has 7 heteroatoms. The van der Waals surface area contributed by atoms with Crippen LogP contribution in [0.5, 0.6) is 0 Å². The molecule has 4 nitrogen and oxygen atoms in total. The Morgan fingerprint density at radius 2 is 2.06 bits per heavy atom. The van der Waals surface area contributed by atoms with Gasteiger partial charge in [0.25, 0.3) is 0 Å². The molecule has 0 aliphatic carbocycles. The molecule has 0 spiro atoms. The standard InChI is InChI=1S/C11H18F3NO3/c1-10(2)4-3-5-15(8(10)9(17)18)6-7(16)11(12,13)14/h7-8,16H,3-6H2,1-2H3,(H,17,18). The lowest BCUT2D eigenvalue weighted by atomic mass is 9.76. The number of rotatable bonds is 3. The minimum Gasteiger partial charge on any atom is -0.480 e. The fourth-order valence-corrected chi connectivity index (χ4v) is 2.51. The zero-order valence-corrected chi connectivity index (χ0v) is 10.4. The van der Waals surface area contributed by atoms with E-state index in [1.807, 2.05) is 0 Å². The summed E-state index contributed by atoms with van der Waals surface area (Å²) in [5.74, 6) is -1.14. The van der Waals surface area contributed by atoms with Crippen molar-refractivity contribution in [2.45, 2.75) is 45.0 Å². The van der Waals surface area contributed by atoms with Gasteiger partial charge in [-0.15, -0.1) is 0 Å². The van der Waals surface area contributed by atoms with Crippen molar-refractivity contribution in [2.75, 3.05) is 13.1 Å². The van der Waals surface area contributed by atoms with Gasteiger partial charge in [-0.1, -0.05) is 13.8 Å². The highest BCUT2D eigenvalue weighted by atomic mass is 19.4. The lowest BCUT2D eigenvalue weighted by Crippen LogP contribution is -2.57. The van der Waals surface area contributed by atoms with E-state index in [0.717, 1.165) is 0 Å². The summed E-state index contributed by atoms with van der Waals surface area (Å²) in [7, 11) is 0. The molecule has 1 fully saturated rings. The topological polar surface area (TPSA) is 60.8 Å². The number of piperidine rings is 1. The maximum Gasteiger partial charge on any atom is 0.415 e. The average Bonchev–Trinajstić information content (AvgIpc) is 2.13.